The van der Waals surface area contributed by atoms with Crippen molar-refractivity contribution in [2.24, 2.45) is 0 Å². The Bertz CT molecular complexity index is 781. The molecule has 0 saturated carbocycles. The number of hydrogen-bond donors (Lipinski definition) is 2. The number of nitrogens with one attached hydrogen (secondary N) is 1. The fraction of sp³-hybridized carbons (Fsp3) is 0.158. The number of aryl methyl sites for hydroxylation is 2. The van der Waals surface area contributed by atoms with Crippen molar-refractivity contribution in [2.45, 2.75) is 13.8 Å². The van der Waals surface area contributed by atoms with E-state index in [2.05, 4.69) is 5.32 Å². The monoisotopic (exact) mass is 325 g/mol. The Labute approximate surface area is 140 Å². The Kier molecular flexibility index (Phi) is 5.73. The Balaban J connectivity index is 1.99. The van der Waals surface area contributed by atoms with E-state index in [1.807, 2.05) is 32.0 Å². The molecular weight excluding hydrogens is 306 g/mol. The Morgan fingerprint density at radius 1 is 1.12 bits per heavy atom. The molecule has 0 aliphatic carbocycles. The Hall–Kier alpha value is -3.08. The van der Waals surface area contributed by atoms with Gasteiger partial charge >= 0.3 is 5.97 Å². The summed E-state index contributed by atoms with van der Waals surface area (Å²) in [6.45, 7) is 3.82. The highest BCUT2D eigenvalue weighted by atomic mass is 16.5. The minimum absolute atomic E-state index is 0.162. The second kappa shape index (κ2) is 7.97. The molecule has 0 saturated heterocycles. The smallest absolute Gasteiger partial charge is 0.328 e. The zero-order valence-electron chi connectivity index (χ0n) is 13.6. The minimum Gasteiger partial charge on any atom is -0.483 e. The van der Waals surface area contributed by atoms with E-state index < -0.39 is 5.97 Å². The average Bonchev–Trinajstić information content (AvgIpc) is 2.55. The van der Waals surface area contributed by atoms with Crippen LogP contribution in [-0.4, -0.2) is 23.6 Å². The standard InChI is InChI=1S/C19H19NO4/c1-13-7-9-16(11-14(13)2)20-18(21)12-24-17-6-4-3-5-15(17)8-10-19(22)23/h3-11H,12H2,1-2H3,(H,20,21)(H,22,23). The fourth-order valence-corrected chi connectivity index (χ4v) is 2.07. The van der Waals surface area contributed by atoms with Crippen LogP contribution in [0.3, 0.4) is 0 Å². The molecule has 2 rings (SSSR count). The van der Waals surface area contributed by atoms with Crippen LogP contribution in [0.2, 0.25) is 0 Å². The third kappa shape index (κ3) is 4.98. The van der Waals surface area contributed by atoms with Gasteiger partial charge in [-0.25, -0.2) is 4.79 Å². The summed E-state index contributed by atoms with van der Waals surface area (Å²) >= 11 is 0. The first-order chi connectivity index (χ1) is 11.5. The van der Waals surface area contributed by atoms with Crippen molar-refractivity contribution >= 4 is 23.6 Å². The molecule has 5 heteroatoms. The molecule has 0 fully saturated rings. The van der Waals surface area contributed by atoms with E-state index in [1.165, 1.54) is 6.08 Å². The van der Waals surface area contributed by atoms with Crippen molar-refractivity contribution in [3.05, 3.63) is 65.2 Å². The first kappa shape index (κ1) is 17.3. The number of carboxylic acid groups (broad SMARTS) is 1. The van der Waals surface area contributed by atoms with E-state index in [-0.39, 0.29) is 12.5 Å². The van der Waals surface area contributed by atoms with Gasteiger partial charge in [-0.15, -0.1) is 0 Å². The topological polar surface area (TPSA) is 75.6 Å². The molecule has 2 N–H and O–H groups in total. The molecule has 0 radical (unpaired) electrons. The van der Waals surface area contributed by atoms with E-state index >= 15 is 0 Å². The number of carbonyl (C=O) groups excluding carboxylic acids is 1. The van der Waals surface area contributed by atoms with Gasteiger partial charge in [0.1, 0.15) is 5.75 Å². The van der Waals surface area contributed by atoms with Gasteiger partial charge in [0.25, 0.3) is 5.91 Å². The van der Waals surface area contributed by atoms with Crippen molar-refractivity contribution in [3.8, 4) is 5.75 Å². The maximum absolute atomic E-state index is 12.0. The van der Waals surface area contributed by atoms with Crippen LogP contribution in [0.5, 0.6) is 5.75 Å². The summed E-state index contributed by atoms with van der Waals surface area (Å²) in [5.74, 6) is -0.877. The summed E-state index contributed by atoms with van der Waals surface area (Å²) < 4.78 is 5.50. The van der Waals surface area contributed by atoms with Crippen molar-refractivity contribution in [2.75, 3.05) is 11.9 Å². The third-order valence-corrected chi connectivity index (χ3v) is 3.47. The van der Waals surface area contributed by atoms with Crippen molar-refractivity contribution in [1.29, 1.82) is 0 Å². The minimum atomic E-state index is -1.04. The molecule has 2 aromatic rings. The number of carbonyl (C=O) groups is 2. The lowest BCUT2D eigenvalue weighted by atomic mass is 10.1. The zero-order chi connectivity index (χ0) is 17.5. The molecule has 0 bridgehead atoms. The number of aliphatic carboxylic acids is 1. The molecule has 0 heterocycles. The molecule has 5 nitrogen and oxygen atoms in total. The van der Waals surface area contributed by atoms with Crippen LogP contribution in [0, 0.1) is 13.8 Å². The van der Waals surface area contributed by atoms with Crippen LogP contribution in [0.25, 0.3) is 6.08 Å². The maximum atomic E-state index is 12.0. The third-order valence-electron chi connectivity index (χ3n) is 3.47. The molecule has 0 aromatic heterocycles. The van der Waals surface area contributed by atoms with E-state index in [1.54, 1.807) is 24.3 Å². The van der Waals surface area contributed by atoms with Crippen molar-refractivity contribution in [1.82, 2.24) is 0 Å². The van der Waals surface area contributed by atoms with Crippen molar-refractivity contribution < 1.29 is 19.4 Å². The number of para-hydroxylation sites is 1. The van der Waals surface area contributed by atoms with E-state index in [0.29, 0.717) is 17.0 Å². The summed E-state index contributed by atoms with van der Waals surface area (Å²) in [6.07, 6.45) is 2.45. The maximum Gasteiger partial charge on any atom is 0.328 e. The van der Waals surface area contributed by atoms with Crippen LogP contribution in [0.1, 0.15) is 16.7 Å². The lowest BCUT2D eigenvalue weighted by Gasteiger charge is -2.10. The lowest BCUT2D eigenvalue weighted by molar-refractivity contribution is -0.131. The molecular formula is C19H19NO4. The number of amides is 1. The van der Waals surface area contributed by atoms with Crippen LogP contribution < -0.4 is 10.1 Å². The number of hydrogen-bond acceptors (Lipinski definition) is 3. The molecule has 0 atom stereocenters. The van der Waals surface area contributed by atoms with Gasteiger partial charge in [-0.3, -0.25) is 4.79 Å². The highest BCUT2D eigenvalue weighted by Crippen LogP contribution is 2.19. The zero-order valence-corrected chi connectivity index (χ0v) is 13.6. The highest BCUT2D eigenvalue weighted by molar-refractivity contribution is 5.92. The van der Waals surface area contributed by atoms with Crippen LogP contribution in [0.15, 0.2) is 48.5 Å². The highest BCUT2D eigenvalue weighted by Gasteiger charge is 2.07. The van der Waals surface area contributed by atoms with Gasteiger partial charge in [0.2, 0.25) is 0 Å². The molecule has 2 aromatic carbocycles. The number of rotatable bonds is 6. The first-order valence-corrected chi connectivity index (χ1v) is 7.45. The molecule has 24 heavy (non-hydrogen) atoms. The molecule has 0 aliphatic heterocycles. The van der Waals surface area contributed by atoms with Gasteiger partial charge in [-0.1, -0.05) is 24.3 Å². The quantitative estimate of drug-likeness (QED) is 0.798. The van der Waals surface area contributed by atoms with Crippen LogP contribution in [-0.2, 0) is 9.59 Å². The molecule has 0 aliphatic rings. The molecule has 0 unspecified atom stereocenters. The summed E-state index contributed by atoms with van der Waals surface area (Å²) in [7, 11) is 0. The van der Waals surface area contributed by atoms with Crippen LogP contribution >= 0.6 is 0 Å². The number of ether oxygens (including phenoxy) is 1. The fourth-order valence-electron chi connectivity index (χ4n) is 2.07. The summed E-state index contributed by atoms with van der Waals surface area (Å²) in [4.78, 5) is 22.6. The molecule has 1 amide bonds. The van der Waals surface area contributed by atoms with E-state index in [4.69, 9.17) is 9.84 Å². The van der Waals surface area contributed by atoms with E-state index in [0.717, 1.165) is 17.2 Å². The average molecular weight is 325 g/mol. The van der Waals surface area contributed by atoms with Crippen LogP contribution in [0.4, 0.5) is 5.69 Å². The number of anilines is 1. The second-order valence-corrected chi connectivity index (χ2v) is 5.35. The Morgan fingerprint density at radius 2 is 1.88 bits per heavy atom. The first-order valence-electron chi connectivity index (χ1n) is 7.45. The van der Waals surface area contributed by atoms with Gasteiger partial charge in [-0.2, -0.15) is 0 Å². The summed E-state index contributed by atoms with van der Waals surface area (Å²) in [6, 6.07) is 12.6. The van der Waals surface area contributed by atoms with Gasteiger partial charge in [0.15, 0.2) is 6.61 Å². The van der Waals surface area contributed by atoms with Gasteiger partial charge in [0.05, 0.1) is 0 Å². The van der Waals surface area contributed by atoms with Gasteiger partial charge < -0.3 is 15.2 Å². The van der Waals surface area contributed by atoms with Gasteiger partial charge in [0, 0.05) is 17.3 Å². The summed E-state index contributed by atoms with van der Waals surface area (Å²) in [5.41, 5.74) is 3.56. The van der Waals surface area contributed by atoms with E-state index in [9.17, 15) is 9.59 Å². The van der Waals surface area contributed by atoms with Crippen molar-refractivity contribution in [3.63, 3.8) is 0 Å². The SMILES string of the molecule is Cc1ccc(NC(=O)COc2ccccc2C=CC(=O)O)cc1C. The second-order valence-electron chi connectivity index (χ2n) is 5.35. The number of carboxylic acids is 1. The molecule has 0 spiro atoms. The predicted octanol–water partition coefficient (Wildman–Crippen LogP) is 3.42. The summed E-state index contributed by atoms with van der Waals surface area (Å²) in [5, 5.41) is 11.5. The lowest BCUT2D eigenvalue weighted by Crippen LogP contribution is -2.20. The largest absolute Gasteiger partial charge is 0.483 e. The number of benzene rings is 2. The molecule has 124 valence electrons. The normalized spacial score (nSPS) is 10.6. The van der Waals surface area contributed by atoms with Gasteiger partial charge in [-0.05, 0) is 49.2 Å². The predicted molar refractivity (Wildman–Crippen MR) is 93.2 cm³/mol. The Morgan fingerprint density at radius 3 is 2.58 bits per heavy atom.